The maximum Gasteiger partial charge on any atom is 0.274 e. The molecule has 2 aromatic rings. The van der Waals surface area contributed by atoms with Crippen LogP contribution in [0.5, 0.6) is 0 Å². The summed E-state index contributed by atoms with van der Waals surface area (Å²) < 4.78 is 1.36. The van der Waals surface area contributed by atoms with Crippen LogP contribution in [0, 0.1) is 6.92 Å². The molecule has 2 aromatic heterocycles. The molecule has 0 aromatic carbocycles. The molecule has 6 heteroatoms. The summed E-state index contributed by atoms with van der Waals surface area (Å²) in [5.41, 5.74) is 6.40. The van der Waals surface area contributed by atoms with Gasteiger partial charge in [-0.2, -0.15) is 9.50 Å². The molecule has 17 heavy (non-hydrogen) atoms. The van der Waals surface area contributed by atoms with E-state index in [1.807, 2.05) is 0 Å². The monoisotopic (exact) mass is 233 g/mol. The number of nitrogens with one attached hydrogen (secondary N) is 1. The van der Waals surface area contributed by atoms with E-state index in [2.05, 4.69) is 15.1 Å². The van der Waals surface area contributed by atoms with Crippen LogP contribution in [0.2, 0.25) is 0 Å². The Bertz CT molecular complexity index is 620. The molecule has 90 valence electrons. The van der Waals surface area contributed by atoms with E-state index in [-0.39, 0.29) is 5.56 Å². The number of rotatable bonds is 1. The normalized spacial score (nSPS) is 18.9. The van der Waals surface area contributed by atoms with E-state index < -0.39 is 5.54 Å². The Morgan fingerprint density at radius 2 is 2.12 bits per heavy atom. The van der Waals surface area contributed by atoms with Gasteiger partial charge in [-0.15, -0.1) is 0 Å². The van der Waals surface area contributed by atoms with Crippen LogP contribution in [0.1, 0.15) is 37.2 Å². The minimum atomic E-state index is -0.423. The Labute approximate surface area is 97.9 Å². The zero-order valence-corrected chi connectivity index (χ0v) is 9.73. The molecule has 0 saturated heterocycles. The van der Waals surface area contributed by atoms with Gasteiger partial charge in [0.25, 0.3) is 11.3 Å². The highest BCUT2D eigenvalue weighted by molar-refractivity contribution is 5.29. The number of nitrogens with two attached hydrogens (primary N) is 1. The molecule has 3 rings (SSSR count). The van der Waals surface area contributed by atoms with Crippen LogP contribution < -0.4 is 11.3 Å². The molecule has 6 nitrogen and oxygen atoms in total. The number of fused-ring (bicyclic) bond motifs is 1. The van der Waals surface area contributed by atoms with Crippen molar-refractivity contribution in [3.8, 4) is 0 Å². The molecule has 1 aliphatic carbocycles. The Morgan fingerprint density at radius 3 is 2.82 bits per heavy atom. The van der Waals surface area contributed by atoms with Crippen molar-refractivity contribution >= 4 is 5.78 Å². The Balaban J connectivity index is 2.20. The van der Waals surface area contributed by atoms with Gasteiger partial charge in [0.2, 0.25) is 0 Å². The predicted molar refractivity (Wildman–Crippen MR) is 62.7 cm³/mol. The van der Waals surface area contributed by atoms with E-state index in [9.17, 15) is 4.79 Å². The van der Waals surface area contributed by atoms with Gasteiger partial charge in [-0.1, -0.05) is 12.8 Å². The number of aromatic nitrogens is 4. The van der Waals surface area contributed by atoms with Gasteiger partial charge in [0.05, 0.1) is 5.54 Å². The van der Waals surface area contributed by atoms with E-state index in [4.69, 9.17) is 5.73 Å². The fourth-order valence-corrected chi connectivity index (χ4v) is 2.46. The first-order valence-corrected chi connectivity index (χ1v) is 5.84. The average molecular weight is 233 g/mol. The molecule has 0 radical (unpaired) electrons. The highest BCUT2D eigenvalue weighted by Crippen LogP contribution is 2.34. The van der Waals surface area contributed by atoms with E-state index >= 15 is 0 Å². The molecule has 2 heterocycles. The van der Waals surface area contributed by atoms with Crippen LogP contribution in [0.3, 0.4) is 0 Å². The summed E-state index contributed by atoms with van der Waals surface area (Å²) in [5.74, 6) is 1.08. The number of nitrogens with zero attached hydrogens (tertiary/aromatic N) is 3. The second-order valence-electron chi connectivity index (χ2n) is 4.81. The van der Waals surface area contributed by atoms with E-state index in [1.54, 1.807) is 6.92 Å². The topological polar surface area (TPSA) is 89.1 Å². The van der Waals surface area contributed by atoms with Crippen LogP contribution in [0.4, 0.5) is 0 Å². The van der Waals surface area contributed by atoms with Crippen molar-refractivity contribution in [2.24, 2.45) is 5.73 Å². The molecule has 1 aliphatic rings. The molecule has 0 atom stereocenters. The van der Waals surface area contributed by atoms with Gasteiger partial charge in [0.1, 0.15) is 5.82 Å². The average Bonchev–Trinajstić information content (AvgIpc) is 2.84. The van der Waals surface area contributed by atoms with E-state index in [1.165, 1.54) is 10.6 Å². The van der Waals surface area contributed by atoms with Crippen molar-refractivity contribution < 1.29 is 0 Å². The minimum absolute atomic E-state index is 0.146. The molecule has 3 N–H and O–H groups in total. The van der Waals surface area contributed by atoms with Crippen LogP contribution in [0.15, 0.2) is 10.9 Å². The number of hydrogen-bond donors (Lipinski definition) is 2. The van der Waals surface area contributed by atoms with Gasteiger partial charge < -0.3 is 5.73 Å². The molecule has 0 bridgehead atoms. The molecular weight excluding hydrogens is 218 g/mol. The number of aromatic amines is 1. The third kappa shape index (κ3) is 1.56. The van der Waals surface area contributed by atoms with Gasteiger partial charge >= 0.3 is 0 Å². The first-order valence-electron chi connectivity index (χ1n) is 5.84. The maximum atomic E-state index is 11.7. The van der Waals surface area contributed by atoms with Gasteiger partial charge in [-0.25, -0.2) is 4.98 Å². The van der Waals surface area contributed by atoms with Crippen molar-refractivity contribution in [2.45, 2.75) is 38.1 Å². The second kappa shape index (κ2) is 3.40. The molecule has 0 spiro atoms. The zero-order chi connectivity index (χ0) is 12.0. The van der Waals surface area contributed by atoms with Crippen LogP contribution in [-0.4, -0.2) is 19.6 Å². The molecule has 0 unspecified atom stereocenters. The molecular formula is C11H15N5O. The lowest BCUT2D eigenvalue weighted by Gasteiger charge is -2.19. The standard InChI is InChI=1S/C11H15N5O/c1-7-6-8(17)16-10(13-7)14-9(15-16)11(12)4-2-3-5-11/h6H,2-5,12H2,1H3,(H,13,14,15). The first-order chi connectivity index (χ1) is 8.08. The quantitative estimate of drug-likeness (QED) is 0.748. The molecule has 1 saturated carbocycles. The van der Waals surface area contributed by atoms with Crippen LogP contribution in [0.25, 0.3) is 5.78 Å². The second-order valence-corrected chi connectivity index (χ2v) is 4.81. The third-order valence-corrected chi connectivity index (χ3v) is 3.43. The van der Waals surface area contributed by atoms with Gasteiger partial charge in [0.15, 0.2) is 0 Å². The Morgan fingerprint density at radius 1 is 1.41 bits per heavy atom. The van der Waals surface area contributed by atoms with Gasteiger partial charge in [-0.05, 0) is 19.8 Å². The third-order valence-electron chi connectivity index (χ3n) is 3.43. The number of hydrogen-bond acceptors (Lipinski definition) is 4. The SMILES string of the molecule is Cc1cc(=O)n2[nH]c(C3(N)CCCC3)nc2n1. The highest BCUT2D eigenvalue weighted by atomic mass is 16.1. The lowest BCUT2D eigenvalue weighted by atomic mass is 9.99. The summed E-state index contributed by atoms with van der Waals surface area (Å²) in [7, 11) is 0. The van der Waals surface area contributed by atoms with E-state index in [0.717, 1.165) is 25.7 Å². The lowest BCUT2D eigenvalue weighted by Crippen LogP contribution is -2.34. The van der Waals surface area contributed by atoms with E-state index in [0.29, 0.717) is 17.3 Å². The van der Waals surface area contributed by atoms with Gasteiger partial charge in [0, 0.05) is 11.8 Å². The minimum Gasteiger partial charge on any atom is -0.319 e. The Kier molecular flexibility index (Phi) is 2.09. The summed E-state index contributed by atoms with van der Waals surface area (Å²) in [6.07, 6.45) is 4.02. The maximum absolute atomic E-state index is 11.7. The predicted octanol–water partition coefficient (Wildman–Crippen LogP) is 0.454. The summed E-state index contributed by atoms with van der Waals surface area (Å²) in [5, 5.41) is 2.98. The molecule has 0 aliphatic heterocycles. The summed E-state index contributed by atoms with van der Waals surface area (Å²) in [6, 6.07) is 1.48. The fraction of sp³-hybridized carbons (Fsp3) is 0.545. The van der Waals surface area contributed by atoms with Crippen molar-refractivity contribution in [1.82, 2.24) is 19.6 Å². The fourth-order valence-electron chi connectivity index (χ4n) is 2.46. The van der Waals surface area contributed by atoms with Crippen molar-refractivity contribution in [1.29, 1.82) is 0 Å². The zero-order valence-electron chi connectivity index (χ0n) is 9.73. The number of H-pyrrole nitrogens is 1. The van der Waals surface area contributed by atoms with Crippen molar-refractivity contribution in [2.75, 3.05) is 0 Å². The summed E-state index contributed by atoms with van der Waals surface area (Å²) in [4.78, 5) is 20.3. The molecule has 0 amide bonds. The first kappa shape index (κ1) is 10.5. The van der Waals surface area contributed by atoms with Crippen molar-refractivity contribution in [3.63, 3.8) is 0 Å². The largest absolute Gasteiger partial charge is 0.319 e. The number of aryl methyl sites for hydroxylation is 1. The lowest BCUT2D eigenvalue weighted by molar-refractivity contribution is 0.431. The van der Waals surface area contributed by atoms with Gasteiger partial charge in [-0.3, -0.25) is 9.89 Å². The molecule has 1 fully saturated rings. The van der Waals surface area contributed by atoms with Crippen molar-refractivity contribution in [3.05, 3.63) is 27.9 Å². The van der Waals surface area contributed by atoms with Crippen LogP contribution >= 0.6 is 0 Å². The summed E-state index contributed by atoms with van der Waals surface area (Å²) in [6.45, 7) is 1.78. The smallest absolute Gasteiger partial charge is 0.274 e. The van der Waals surface area contributed by atoms with Crippen LogP contribution in [-0.2, 0) is 5.54 Å². The highest BCUT2D eigenvalue weighted by Gasteiger charge is 2.34. The summed E-state index contributed by atoms with van der Waals surface area (Å²) >= 11 is 0. The Hall–Kier alpha value is -1.69.